The number of carbonyl (C=O) groups is 1. The van der Waals surface area contributed by atoms with Crippen LogP contribution < -0.4 is 4.90 Å². The number of fused-ring (bicyclic) bond motifs is 3. The summed E-state index contributed by atoms with van der Waals surface area (Å²) in [5.41, 5.74) is 3.38. The summed E-state index contributed by atoms with van der Waals surface area (Å²) in [5, 5.41) is 4.12. The van der Waals surface area contributed by atoms with Gasteiger partial charge >= 0.3 is 6.03 Å². The Hall–Kier alpha value is -3.16. The van der Waals surface area contributed by atoms with E-state index in [2.05, 4.69) is 15.1 Å². The molecule has 0 bridgehead atoms. The first kappa shape index (κ1) is 17.0. The maximum atomic E-state index is 13.2. The molecule has 4 heterocycles. The lowest BCUT2D eigenvalue weighted by atomic mass is 10.1. The molecule has 0 atom stereocenters. The fourth-order valence-corrected chi connectivity index (χ4v) is 3.87. The van der Waals surface area contributed by atoms with Crippen LogP contribution in [0.4, 0.5) is 10.5 Å². The van der Waals surface area contributed by atoms with Gasteiger partial charge in [0.25, 0.3) is 0 Å². The van der Waals surface area contributed by atoms with E-state index in [1.165, 1.54) is 0 Å². The maximum Gasteiger partial charge on any atom is 0.324 e. The quantitative estimate of drug-likeness (QED) is 0.681. The molecule has 1 aromatic carbocycles. The molecule has 0 spiro atoms. The van der Waals surface area contributed by atoms with Crippen LogP contribution >= 0.6 is 0 Å². The number of rotatable bonds is 2. The molecule has 28 heavy (non-hydrogen) atoms. The van der Waals surface area contributed by atoms with Crippen molar-refractivity contribution >= 4 is 11.7 Å². The summed E-state index contributed by atoms with van der Waals surface area (Å²) in [4.78, 5) is 26.0. The molecule has 144 valence electrons. The third-order valence-electron chi connectivity index (χ3n) is 5.36. The highest BCUT2D eigenvalue weighted by Crippen LogP contribution is 2.36. The van der Waals surface area contributed by atoms with Crippen molar-refractivity contribution in [3.05, 3.63) is 42.2 Å². The number of imidazole rings is 1. The molecule has 0 saturated carbocycles. The van der Waals surface area contributed by atoms with Crippen LogP contribution in [0, 0.1) is 0 Å². The van der Waals surface area contributed by atoms with Crippen LogP contribution in [-0.2, 0) is 6.54 Å². The van der Waals surface area contributed by atoms with Gasteiger partial charge in [-0.15, -0.1) is 0 Å². The standard InChI is InChI=1S/C20H22N6O2/c1-13(2)19-22-18(23-28-19)17-16-11-25(20(27)24-9-5-6-10-24)14-7-3-4-8-15(14)26(16)12-21-17/h3-4,7-8,12-13H,5-6,9-11H2,1-2H3. The third-order valence-corrected chi connectivity index (χ3v) is 5.36. The Bertz CT molecular complexity index is 1030. The third kappa shape index (κ3) is 2.59. The highest BCUT2D eigenvalue weighted by molar-refractivity contribution is 5.95. The Morgan fingerprint density at radius 3 is 2.61 bits per heavy atom. The Morgan fingerprint density at radius 2 is 1.89 bits per heavy atom. The van der Waals surface area contributed by atoms with Gasteiger partial charge in [-0.1, -0.05) is 31.1 Å². The molecule has 3 aromatic rings. The maximum absolute atomic E-state index is 13.2. The number of urea groups is 1. The monoisotopic (exact) mass is 378 g/mol. The number of hydrogen-bond donors (Lipinski definition) is 0. The first-order chi connectivity index (χ1) is 13.6. The summed E-state index contributed by atoms with van der Waals surface area (Å²) in [7, 11) is 0. The van der Waals surface area contributed by atoms with Gasteiger partial charge in [-0.25, -0.2) is 9.78 Å². The molecule has 2 amide bonds. The summed E-state index contributed by atoms with van der Waals surface area (Å²) in [6.07, 6.45) is 3.89. The molecule has 0 radical (unpaired) electrons. The first-order valence-corrected chi connectivity index (χ1v) is 9.69. The van der Waals surface area contributed by atoms with Crippen LogP contribution in [0.2, 0.25) is 0 Å². The van der Waals surface area contributed by atoms with Crippen LogP contribution in [0.1, 0.15) is 44.2 Å². The van der Waals surface area contributed by atoms with E-state index in [4.69, 9.17) is 4.52 Å². The van der Waals surface area contributed by atoms with Gasteiger partial charge < -0.3 is 9.42 Å². The van der Waals surface area contributed by atoms with Crippen molar-refractivity contribution in [2.24, 2.45) is 0 Å². The van der Waals surface area contributed by atoms with E-state index < -0.39 is 0 Å². The van der Waals surface area contributed by atoms with Crippen LogP contribution in [-0.4, -0.2) is 43.7 Å². The van der Waals surface area contributed by atoms with Crippen LogP contribution in [0.3, 0.4) is 0 Å². The van der Waals surface area contributed by atoms with Crippen molar-refractivity contribution in [3.8, 4) is 17.2 Å². The van der Waals surface area contributed by atoms with Crippen molar-refractivity contribution in [1.29, 1.82) is 0 Å². The molecule has 1 fully saturated rings. The average molecular weight is 378 g/mol. The van der Waals surface area contributed by atoms with Crippen LogP contribution in [0.5, 0.6) is 0 Å². The van der Waals surface area contributed by atoms with Gasteiger partial charge in [0.05, 0.1) is 23.6 Å². The molecule has 0 unspecified atom stereocenters. The number of likely N-dealkylation sites (tertiary alicyclic amines) is 1. The number of anilines is 1. The zero-order valence-corrected chi connectivity index (χ0v) is 16.0. The summed E-state index contributed by atoms with van der Waals surface area (Å²) >= 11 is 0. The number of hydrogen-bond acceptors (Lipinski definition) is 5. The summed E-state index contributed by atoms with van der Waals surface area (Å²) in [5.74, 6) is 1.19. The van der Waals surface area contributed by atoms with Gasteiger partial charge in [0.15, 0.2) is 0 Å². The van der Waals surface area contributed by atoms with Crippen LogP contribution in [0.25, 0.3) is 17.2 Å². The van der Waals surface area contributed by atoms with Crippen molar-refractivity contribution in [1.82, 2.24) is 24.6 Å². The highest BCUT2D eigenvalue weighted by atomic mass is 16.5. The normalized spacial score (nSPS) is 15.8. The van der Waals surface area contributed by atoms with Crippen LogP contribution in [0.15, 0.2) is 35.1 Å². The van der Waals surface area contributed by atoms with Crippen molar-refractivity contribution in [2.45, 2.75) is 39.2 Å². The fraction of sp³-hybridized carbons (Fsp3) is 0.400. The van der Waals surface area contributed by atoms with Crippen molar-refractivity contribution in [2.75, 3.05) is 18.0 Å². The lowest BCUT2D eigenvalue weighted by Gasteiger charge is -2.33. The number of nitrogens with zero attached hydrogens (tertiary/aromatic N) is 6. The zero-order valence-electron chi connectivity index (χ0n) is 16.0. The Balaban J connectivity index is 1.59. The van der Waals surface area contributed by atoms with E-state index >= 15 is 0 Å². The highest BCUT2D eigenvalue weighted by Gasteiger charge is 2.33. The topological polar surface area (TPSA) is 80.3 Å². The molecule has 1 saturated heterocycles. The minimum atomic E-state index is 0.0410. The van der Waals surface area contributed by atoms with E-state index in [9.17, 15) is 4.79 Å². The molecule has 5 rings (SSSR count). The lowest BCUT2D eigenvalue weighted by Crippen LogP contribution is -2.43. The Labute approximate surface area is 162 Å². The van der Waals surface area contributed by atoms with Gasteiger partial charge in [-0.3, -0.25) is 9.47 Å². The molecule has 0 aliphatic carbocycles. The van der Waals surface area contributed by atoms with Gasteiger partial charge in [0, 0.05) is 19.0 Å². The number of benzene rings is 1. The molecular formula is C20H22N6O2. The second-order valence-corrected chi connectivity index (χ2v) is 7.57. The van der Waals surface area contributed by atoms with Crippen molar-refractivity contribution < 1.29 is 9.32 Å². The molecule has 2 aliphatic heterocycles. The van der Waals surface area contributed by atoms with Gasteiger partial charge in [-0.2, -0.15) is 4.98 Å². The van der Waals surface area contributed by atoms with E-state index in [0.29, 0.717) is 24.0 Å². The van der Waals surface area contributed by atoms with Gasteiger partial charge in [0.2, 0.25) is 11.7 Å². The second-order valence-electron chi connectivity index (χ2n) is 7.57. The van der Waals surface area contributed by atoms with E-state index in [0.717, 1.165) is 43.0 Å². The molecule has 8 heteroatoms. The number of para-hydroxylation sites is 2. The summed E-state index contributed by atoms with van der Waals surface area (Å²) < 4.78 is 7.38. The average Bonchev–Trinajstić information content (AvgIpc) is 3.46. The second kappa shape index (κ2) is 6.47. The number of carbonyl (C=O) groups excluding carboxylic acids is 1. The minimum absolute atomic E-state index is 0.0410. The lowest BCUT2D eigenvalue weighted by molar-refractivity contribution is 0.214. The van der Waals surface area contributed by atoms with E-state index in [-0.39, 0.29) is 11.9 Å². The fourth-order valence-electron chi connectivity index (χ4n) is 3.87. The van der Waals surface area contributed by atoms with Gasteiger partial charge in [-0.05, 0) is 25.0 Å². The largest absolute Gasteiger partial charge is 0.339 e. The SMILES string of the molecule is CC(C)c1nc(-c2ncn3c2CN(C(=O)N2CCCC2)c2ccccc2-3)no1. The minimum Gasteiger partial charge on any atom is -0.339 e. The first-order valence-electron chi connectivity index (χ1n) is 9.69. The van der Waals surface area contributed by atoms with Gasteiger partial charge in [0.1, 0.15) is 12.0 Å². The Morgan fingerprint density at radius 1 is 1.14 bits per heavy atom. The predicted molar refractivity (Wildman–Crippen MR) is 103 cm³/mol. The van der Waals surface area contributed by atoms with Crippen molar-refractivity contribution in [3.63, 3.8) is 0 Å². The molecule has 2 aliphatic rings. The van der Waals surface area contributed by atoms with E-state index in [1.54, 1.807) is 6.33 Å². The number of aromatic nitrogens is 4. The molecular weight excluding hydrogens is 356 g/mol. The predicted octanol–water partition coefficient (Wildman–Crippen LogP) is 3.58. The smallest absolute Gasteiger partial charge is 0.324 e. The Kier molecular flexibility index (Phi) is 3.92. The molecule has 2 aromatic heterocycles. The molecule has 0 N–H and O–H groups in total. The summed E-state index contributed by atoms with van der Waals surface area (Å²) in [6.45, 7) is 6.06. The van der Waals surface area contributed by atoms with E-state index in [1.807, 2.05) is 52.5 Å². The number of amides is 2. The molecule has 8 nitrogen and oxygen atoms in total. The zero-order chi connectivity index (χ0) is 19.3. The summed E-state index contributed by atoms with van der Waals surface area (Å²) in [6, 6.07) is 7.96.